The third-order valence-electron chi connectivity index (χ3n) is 2.58. The average molecular weight is 291 g/mol. The van der Waals surface area contributed by atoms with E-state index < -0.39 is 10.2 Å². The first-order valence-electron chi connectivity index (χ1n) is 5.98. The number of hydrogen-bond acceptors (Lipinski definition) is 4. The van der Waals surface area contributed by atoms with Gasteiger partial charge in [-0.05, 0) is 31.5 Å². The van der Waals surface area contributed by atoms with Gasteiger partial charge in [-0.3, -0.25) is 0 Å². The first-order chi connectivity index (χ1) is 8.49. The number of nitrogens with two attached hydrogens (primary N) is 1. The molecular formula is C11H21N3O2S2. The van der Waals surface area contributed by atoms with Crippen LogP contribution in [0.3, 0.4) is 0 Å². The number of aryl methyl sites for hydroxylation is 1. The monoisotopic (exact) mass is 291 g/mol. The molecule has 1 aromatic heterocycles. The second-order valence-electron chi connectivity index (χ2n) is 4.01. The fourth-order valence-corrected chi connectivity index (χ4v) is 3.33. The van der Waals surface area contributed by atoms with Crippen molar-refractivity contribution in [3.8, 4) is 0 Å². The van der Waals surface area contributed by atoms with E-state index >= 15 is 0 Å². The van der Waals surface area contributed by atoms with Crippen LogP contribution in [0.15, 0.2) is 12.1 Å². The summed E-state index contributed by atoms with van der Waals surface area (Å²) in [6.45, 7) is 3.36. The maximum atomic E-state index is 11.9. The highest BCUT2D eigenvalue weighted by molar-refractivity contribution is 7.87. The van der Waals surface area contributed by atoms with Crippen LogP contribution in [-0.2, 0) is 23.2 Å². The zero-order valence-corrected chi connectivity index (χ0v) is 12.5. The Balaban J connectivity index is 2.50. The van der Waals surface area contributed by atoms with Crippen LogP contribution in [0, 0.1) is 0 Å². The molecule has 1 rings (SSSR count). The lowest BCUT2D eigenvalue weighted by Gasteiger charge is -2.16. The largest absolute Gasteiger partial charge is 0.330 e. The first kappa shape index (κ1) is 15.6. The summed E-state index contributed by atoms with van der Waals surface area (Å²) in [6, 6.07) is 4.00. The molecule has 7 heteroatoms. The third kappa shape index (κ3) is 4.66. The van der Waals surface area contributed by atoms with E-state index in [1.54, 1.807) is 18.4 Å². The Kier molecular flexibility index (Phi) is 6.24. The lowest BCUT2D eigenvalue weighted by molar-refractivity contribution is 0.453. The van der Waals surface area contributed by atoms with E-state index in [1.165, 1.54) is 9.18 Å². The second-order valence-corrected chi connectivity index (χ2v) is 7.13. The van der Waals surface area contributed by atoms with Gasteiger partial charge in [0.15, 0.2) is 0 Å². The minimum Gasteiger partial charge on any atom is -0.330 e. The maximum Gasteiger partial charge on any atom is 0.279 e. The Bertz CT molecular complexity index is 457. The molecule has 1 aromatic rings. The predicted molar refractivity (Wildman–Crippen MR) is 75.8 cm³/mol. The zero-order valence-electron chi connectivity index (χ0n) is 10.8. The van der Waals surface area contributed by atoms with Crippen molar-refractivity contribution in [2.45, 2.75) is 26.3 Å². The lowest BCUT2D eigenvalue weighted by atomic mass is 10.4. The van der Waals surface area contributed by atoms with Crippen LogP contribution in [0.4, 0.5) is 0 Å². The molecule has 0 radical (unpaired) electrons. The van der Waals surface area contributed by atoms with Gasteiger partial charge < -0.3 is 5.73 Å². The summed E-state index contributed by atoms with van der Waals surface area (Å²) in [6.07, 6.45) is 1.64. The van der Waals surface area contributed by atoms with Crippen LogP contribution in [0.25, 0.3) is 0 Å². The van der Waals surface area contributed by atoms with Gasteiger partial charge >= 0.3 is 0 Å². The fourth-order valence-electron chi connectivity index (χ4n) is 1.41. The summed E-state index contributed by atoms with van der Waals surface area (Å²) >= 11 is 1.64. The van der Waals surface area contributed by atoms with Gasteiger partial charge in [0, 0.05) is 29.9 Å². The van der Waals surface area contributed by atoms with Gasteiger partial charge in [0.1, 0.15) is 0 Å². The molecule has 0 saturated carbocycles. The van der Waals surface area contributed by atoms with E-state index in [0.717, 1.165) is 11.3 Å². The highest BCUT2D eigenvalue weighted by Crippen LogP contribution is 2.16. The van der Waals surface area contributed by atoms with E-state index in [2.05, 4.69) is 11.6 Å². The lowest BCUT2D eigenvalue weighted by Crippen LogP contribution is -2.38. The molecule has 1 heterocycles. The zero-order chi connectivity index (χ0) is 13.6. The van der Waals surface area contributed by atoms with Crippen LogP contribution in [-0.4, -0.2) is 32.9 Å². The van der Waals surface area contributed by atoms with Crippen molar-refractivity contribution in [2.75, 3.05) is 20.1 Å². The van der Waals surface area contributed by atoms with Crippen molar-refractivity contribution >= 4 is 21.5 Å². The molecular weight excluding hydrogens is 270 g/mol. The molecule has 3 N–H and O–H groups in total. The molecule has 0 aliphatic heterocycles. The van der Waals surface area contributed by atoms with Gasteiger partial charge in [-0.25, -0.2) is 0 Å². The minimum absolute atomic E-state index is 0.347. The van der Waals surface area contributed by atoms with E-state index in [-0.39, 0.29) is 0 Å². The molecule has 0 fully saturated rings. The van der Waals surface area contributed by atoms with Gasteiger partial charge in [-0.15, -0.1) is 11.3 Å². The molecule has 5 nitrogen and oxygen atoms in total. The smallest absolute Gasteiger partial charge is 0.279 e. The number of hydrogen-bond donors (Lipinski definition) is 2. The van der Waals surface area contributed by atoms with E-state index in [4.69, 9.17) is 5.73 Å². The van der Waals surface area contributed by atoms with Crippen molar-refractivity contribution in [1.29, 1.82) is 0 Å². The molecule has 0 saturated heterocycles. The number of rotatable bonds is 8. The Morgan fingerprint density at radius 1 is 1.39 bits per heavy atom. The Hall–Kier alpha value is -0.470. The van der Waals surface area contributed by atoms with E-state index in [0.29, 0.717) is 26.1 Å². The summed E-state index contributed by atoms with van der Waals surface area (Å²) in [5.41, 5.74) is 5.36. The van der Waals surface area contributed by atoms with E-state index in [9.17, 15) is 8.42 Å². The Labute approximate surface area is 113 Å². The van der Waals surface area contributed by atoms with Crippen LogP contribution >= 0.6 is 11.3 Å². The van der Waals surface area contributed by atoms with Gasteiger partial charge in [-0.2, -0.15) is 17.4 Å². The first-order valence-corrected chi connectivity index (χ1v) is 8.23. The van der Waals surface area contributed by atoms with Gasteiger partial charge in [-0.1, -0.05) is 6.92 Å². The number of nitrogens with one attached hydrogen (secondary N) is 1. The van der Waals surface area contributed by atoms with Crippen LogP contribution in [0.5, 0.6) is 0 Å². The van der Waals surface area contributed by atoms with Crippen molar-refractivity contribution in [3.05, 3.63) is 21.9 Å². The summed E-state index contributed by atoms with van der Waals surface area (Å²) < 4.78 is 27.6. The van der Waals surface area contributed by atoms with Crippen LogP contribution in [0.2, 0.25) is 0 Å². The standard InChI is InChI=1S/C11H21N3O2S2/c1-3-10-5-6-11(17-10)9-13-18(15,16)14(2)8-4-7-12/h5-6,13H,3-4,7-9,12H2,1-2H3. The Morgan fingerprint density at radius 2 is 2.06 bits per heavy atom. The SMILES string of the molecule is CCc1ccc(CNS(=O)(=O)N(C)CCCN)s1. The summed E-state index contributed by atoms with van der Waals surface area (Å²) in [5, 5.41) is 0. The van der Waals surface area contributed by atoms with Gasteiger partial charge in [0.25, 0.3) is 10.2 Å². The molecule has 0 amide bonds. The molecule has 104 valence electrons. The Morgan fingerprint density at radius 3 is 2.61 bits per heavy atom. The normalized spacial score (nSPS) is 12.2. The molecule has 18 heavy (non-hydrogen) atoms. The average Bonchev–Trinajstić information content (AvgIpc) is 2.81. The highest BCUT2D eigenvalue weighted by Gasteiger charge is 2.16. The minimum atomic E-state index is -3.39. The van der Waals surface area contributed by atoms with Gasteiger partial charge in [0.2, 0.25) is 0 Å². The quantitative estimate of drug-likeness (QED) is 0.748. The number of thiophene rings is 1. The fraction of sp³-hybridized carbons (Fsp3) is 0.636. The van der Waals surface area contributed by atoms with Gasteiger partial charge in [0.05, 0.1) is 0 Å². The second kappa shape index (κ2) is 7.20. The molecule has 0 unspecified atom stereocenters. The molecule has 0 atom stereocenters. The molecule has 0 aliphatic rings. The van der Waals surface area contributed by atoms with Crippen molar-refractivity contribution in [2.24, 2.45) is 5.73 Å². The summed E-state index contributed by atoms with van der Waals surface area (Å²) in [7, 11) is -1.83. The van der Waals surface area contributed by atoms with Crippen molar-refractivity contribution in [3.63, 3.8) is 0 Å². The molecule has 0 aromatic carbocycles. The van der Waals surface area contributed by atoms with Crippen molar-refractivity contribution in [1.82, 2.24) is 9.03 Å². The summed E-state index contributed by atoms with van der Waals surface area (Å²) in [5.74, 6) is 0. The maximum absolute atomic E-state index is 11.9. The molecule has 0 aliphatic carbocycles. The summed E-state index contributed by atoms with van der Waals surface area (Å²) in [4.78, 5) is 2.29. The predicted octanol–water partition coefficient (Wildman–Crippen LogP) is 0.925. The van der Waals surface area contributed by atoms with E-state index in [1.807, 2.05) is 12.1 Å². The third-order valence-corrected chi connectivity index (χ3v) is 5.32. The van der Waals surface area contributed by atoms with Crippen LogP contribution < -0.4 is 10.5 Å². The topological polar surface area (TPSA) is 75.4 Å². The molecule has 0 bridgehead atoms. The number of nitrogens with zero attached hydrogens (tertiary/aromatic N) is 1. The van der Waals surface area contributed by atoms with Crippen LogP contribution in [0.1, 0.15) is 23.1 Å². The molecule has 0 spiro atoms. The van der Waals surface area contributed by atoms with Crippen molar-refractivity contribution < 1.29 is 8.42 Å². The highest BCUT2D eigenvalue weighted by atomic mass is 32.2.